The molecule has 0 bridgehead atoms. The Bertz CT molecular complexity index is 729. The summed E-state index contributed by atoms with van der Waals surface area (Å²) in [7, 11) is -3.41. The summed E-state index contributed by atoms with van der Waals surface area (Å²) in [6.07, 6.45) is 0. The third-order valence-electron chi connectivity index (χ3n) is 2.73. The number of thiophene rings is 1. The molecule has 0 atom stereocenters. The highest BCUT2D eigenvalue weighted by Crippen LogP contribution is 2.20. The van der Waals surface area contributed by atoms with Crippen LogP contribution in [0.15, 0.2) is 32.9 Å². The minimum atomic E-state index is -3.41. The van der Waals surface area contributed by atoms with Crippen LogP contribution in [-0.4, -0.2) is 26.5 Å². The number of anilines is 1. The van der Waals surface area contributed by atoms with Gasteiger partial charge < -0.3 is 5.32 Å². The van der Waals surface area contributed by atoms with Crippen molar-refractivity contribution in [2.75, 3.05) is 18.4 Å². The van der Waals surface area contributed by atoms with E-state index in [0.29, 0.717) is 17.3 Å². The standard InChI is InChI=1S/C13H16BrN3O2S2/c1-9-3-6-13(20-9)21(18,19)16-8-7-15-12-5-4-11(14)10(2)17-12/h3-6,16H,7-8H2,1-2H3,(H,15,17). The average Bonchev–Trinajstić information content (AvgIpc) is 2.86. The summed E-state index contributed by atoms with van der Waals surface area (Å²) in [5, 5.41) is 3.09. The number of pyridine rings is 1. The monoisotopic (exact) mass is 389 g/mol. The van der Waals surface area contributed by atoms with E-state index < -0.39 is 10.0 Å². The fraction of sp³-hybridized carbons (Fsp3) is 0.308. The van der Waals surface area contributed by atoms with Gasteiger partial charge in [-0.2, -0.15) is 0 Å². The van der Waals surface area contributed by atoms with Crippen LogP contribution in [0.2, 0.25) is 0 Å². The van der Waals surface area contributed by atoms with E-state index in [1.165, 1.54) is 11.3 Å². The molecule has 2 N–H and O–H groups in total. The van der Waals surface area contributed by atoms with Crippen LogP contribution in [0, 0.1) is 13.8 Å². The molecule has 0 aliphatic rings. The smallest absolute Gasteiger partial charge is 0.250 e. The summed E-state index contributed by atoms with van der Waals surface area (Å²) in [6.45, 7) is 4.55. The van der Waals surface area contributed by atoms with Crippen molar-refractivity contribution < 1.29 is 8.42 Å². The van der Waals surface area contributed by atoms with E-state index in [1.54, 1.807) is 12.1 Å². The first kappa shape index (κ1) is 16.4. The van der Waals surface area contributed by atoms with Crippen LogP contribution in [0.25, 0.3) is 0 Å². The maximum absolute atomic E-state index is 12.0. The van der Waals surface area contributed by atoms with Crippen molar-refractivity contribution in [2.24, 2.45) is 0 Å². The topological polar surface area (TPSA) is 71.1 Å². The molecule has 2 rings (SSSR count). The number of aromatic nitrogens is 1. The number of hydrogen-bond acceptors (Lipinski definition) is 5. The van der Waals surface area contributed by atoms with Crippen molar-refractivity contribution in [1.29, 1.82) is 0 Å². The highest BCUT2D eigenvalue weighted by molar-refractivity contribution is 9.10. The summed E-state index contributed by atoms with van der Waals surface area (Å²) in [5.41, 5.74) is 0.884. The van der Waals surface area contributed by atoms with Gasteiger partial charge in [-0.15, -0.1) is 11.3 Å². The molecule has 0 unspecified atom stereocenters. The molecule has 0 aliphatic heterocycles. The van der Waals surface area contributed by atoms with Crippen molar-refractivity contribution >= 4 is 43.1 Å². The Morgan fingerprint density at radius 2 is 1.95 bits per heavy atom. The normalized spacial score (nSPS) is 11.6. The van der Waals surface area contributed by atoms with Crippen LogP contribution in [0.5, 0.6) is 0 Å². The molecular formula is C13H16BrN3O2S2. The lowest BCUT2D eigenvalue weighted by Gasteiger charge is -2.08. The fourth-order valence-corrected chi connectivity index (χ4v) is 4.23. The van der Waals surface area contributed by atoms with Gasteiger partial charge in [-0.1, -0.05) is 0 Å². The van der Waals surface area contributed by atoms with Gasteiger partial charge >= 0.3 is 0 Å². The van der Waals surface area contributed by atoms with Crippen LogP contribution < -0.4 is 10.0 Å². The Morgan fingerprint density at radius 3 is 2.57 bits per heavy atom. The maximum atomic E-state index is 12.0. The molecule has 5 nitrogen and oxygen atoms in total. The number of halogens is 1. The maximum Gasteiger partial charge on any atom is 0.250 e. The number of aryl methyl sites for hydroxylation is 2. The summed E-state index contributed by atoms with van der Waals surface area (Å²) >= 11 is 4.65. The lowest BCUT2D eigenvalue weighted by molar-refractivity contribution is 0.585. The van der Waals surface area contributed by atoms with Crippen molar-refractivity contribution in [3.05, 3.63) is 39.3 Å². The first-order chi connectivity index (χ1) is 9.88. The van der Waals surface area contributed by atoms with Gasteiger partial charge in [0.2, 0.25) is 10.0 Å². The molecule has 21 heavy (non-hydrogen) atoms. The zero-order valence-electron chi connectivity index (χ0n) is 11.7. The van der Waals surface area contributed by atoms with E-state index in [4.69, 9.17) is 0 Å². The molecule has 0 aromatic carbocycles. The first-order valence-corrected chi connectivity index (χ1v) is 9.41. The Balaban J connectivity index is 1.85. The second-order valence-electron chi connectivity index (χ2n) is 4.45. The zero-order valence-corrected chi connectivity index (χ0v) is 14.9. The lowest BCUT2D eigenvalue weighted by atomic mass is 10.4. The van der Waals surface area contributed by atoms with Gasteiger partial charge in [0, 0.05) is 22.4 Å². The molecule has 8 heteroatoms. The molecule has 0 spiro atoms. The Kier molecular flexibility index (Phi) is 5.37. The van der Waals surface area contributed by atoms with E-state index in [-0.39, 0.29) is 0 Å². The molecule has 0 saturated carbocycles. The van der Waals surface area contributed by atoms with Crippen LogP contribution in [0.1, 0.15) is 10.6 Å². The van der Waals surface area contributed by atoms with Crippen molar-refractivity contribution in [2.45, 2.75) is 18.1 Å². The average molecular weight is 390 g/mol. The predicted octanol–water partition coefficient (Wildman–Crippen LogP) is 2.91. The number of rotatable bonds is 6. The third kappa shape index (κ3) is 4.50. The molecule has 0 amide bonds. The number of nitrogens with one attached hydrogen (secondary N) is 2. The van der Waals surface area contributed by atoms with Crippen molar-refractivity contribution in [1.82, 2.24) is 9.71 Å². The molecule has 2 heterocycles. The minimum absolute atomic E-state index is 0.302. The predicted molar refractivity (Wildman–Crippen MR) is 89.4 cm³/mol. The Hall–Kier alpha value is -0.960. The van der Waals surface area contributed by atoms with E-state index in [9.17, 15) is 8.42 Å². The lowest BCUT2D eigenvalue weighted by Crippen LogP contribution is -2.28. The van der Waals surface area contributed by atoms with Gasteiger partial charge in [0.25, 0.3) is 0 Å². The third-order valence-corrected chi connectivity index (χ3v) is 6.52. The minimum Gasteiger partial charge on any atom is -0.369 e. The molecule has 0 fully saturated rings. The summed E-state index contributed by atoms with van der Waals surface area (Å²) in [6, 6.07) is 7.17. The highest BCUT2D eigenvalue weighted by Gasteiger charge is 2.15. The molecule has 0 saturated heterocycles. The zero-order chi connectivity index (χ0) is 15.5. The molecular weight excluding hydrogens is 374 g/mol. The van der Waals surface area contributed by atoms with Crippen LogP contribution >= 0.6 is 27.3 Å². The molecule has 2 aromatic rings. The van der Waals surface area contributed by atoms with Gasteiger partial charge in [0.05, 0.1) is 5.69 Å². The van der Waals surface area contributed by atoms with E-state index in [0.717, 1.165) is 20.9 Å². The van der Waals surface area contributed by atoms with Gasteiger partial charge in [-0.25, -0.2) is 18.1 Å². The van der Waals surface area contributed by atoms with Crippen molar-refractivity contribution in [3.8, 4) is 0 Å². The Labute approximate surface area is 137 Å². The fourth-order valence-electron chi connectivity index (χ4n) is 1.65. The number of hydrogen-bond donors (Lipinski definition) is 2. The summed E-state index contributed by atoms with van der Waals surface area (Å²) in [4.78, 5) is 5.31. The van der Waals surface area contributed by atoms with Gasteiger partial charge in [-0.05, 0) is 54.0 Å². The molecule has 0 aliphatic carbocycles. The van der Waals surface area contributed by atoms with Crippen LogP contribution in [0.3, 0.4) is 0 Å². The van der Waals surface area contributed by atoms with Crippen LogP contribution in [0.4, 0.5) is 5.82 Å². The Morgan fingerprint density at radius 1 is 1.19 bits per heavy atom. The van der Waals surface area contributed by atoms with Gasteiger partial charge in [-0.3, -0.25) is 0 Å². The van der Waals surface area contributed by atoms with Gasteiger partial charge in [0.1, 0.15) is 10.0 Å². The second-order valence-corrected chi connectivity index (χ2v) is 8.59. The quantitative estimate of drug-likeness (QED) is 0.745. The second kappa shape index (κ2) is 6.87. The first-order valence-electron chi connectivity index (χ1n) is 6.31. The molecule has 2 aromatic heterocycles. The number of sulfonamides is 1. The van der Waals surface area contributed by atoms with E-state index in [2.05, 4.69) is 31.0 Å². The summed E-state index contributed by atoms with van der Waals surface area (Å²) < 4.78 is 27.9. The van der Waals surface area contributed by atoms with Gasteiger partial charge in [0.15, 0.2) is 0 Å². The van der Waals surface area contributed by atoms with Crippen molar-refractivity contribution in [3.63, 3.8) is 0 Å². The molecule has 0 radical (unpaired) electrons. The number of nitrogens with zero attached hydrogens (tertiary/aromatic N) is 1. The van der Waals surface area contributed by atoms with E-state index >= 15 is 0 Å². The van der Waals surface area contributed by atoms with Crippen LogP contribution in [-0.2, 0) is 10.0 Å². The largest absolute Gasteiger partial charge is 0.369 e. The molecule has 114 valence electrons. The SMILES string of the molecule is Cc1ccc(S(=O)(=O)NCCNc2ccc(Br)c(C)n2)s1. The summed E-state index contributed by atoms with van der Waals surface area (Å²) in [5.74, 6) is 0.724. The highest BCUT2D eigenvalue weighted by atomic mass is 79.9. The van der Waals surface area contributed by atoms with E-state index in [1.807, 2.05) is 26.0 Å².